The Morgan fingerprint density at radius 3 is 2.63 bits per heavy atom. The molecular weight excluding hydrogens is 246 g/mol. The van der Waals surface area contributed by atoms with Gasteiger partial charge in [0.1, 0.15) is 6.61 Å². The third-order valence-corrected chi connectivity index (χ3v) is 2.14. The number of hydroxylamine groups is 1. The molecule has 1 N–H and O–H groups in total. The van der Waals surface area contributed by atoms with Crippen LogP contribution in [0.4, 0.5) is 0 Å². The number of hydrogen-bond donors (Lipinski definition) is 1. The van der Waals surface area contributed by atoms with E-state index in [9.17, 15) is 0 Å². The molecule has 0 saturated carbocycles. The van der Waals surface area contributed by atoms with Crippen LogP contribution in [0.1, 0.15) is 5.89 Å². The number of benzene rings is 1. The fourth-order valence-corrected chi connectivity index (χ4v) is 1.28. The van der Waals surface area contributed by atoms with Crippen molar-refractivity contribution in [1.82, 2.24) is 15.7 Å². The van der Waals surface area contributed by atoms with Gasteiger partial charge >= 0.3 is 0 Å². The number of aromatic nitrogens is 2. The second kappa shape index (κ2) is 6.26. The van der Waals surface area contributed by atoms with Crippen LogP contribution < -0.4 is 5.48 Å². The Bertz CT molecular complexity index is 597. The molecule has 7 heteroatoms. The van der Waals surface area contributed by atoms with Gasteiger partial charge in [-0.3, -0.25) is 4.84 Å². The molecule has 0 aliphatic carbocycles. The quantitative estimate of drug-likeness (QED) is 0.799. The van der Waals surface area contributed by atoms with E-state index in [-0.39, 0.29) is 12.5 Å². The van der Waals surface area contributed by atoms with Gasteiger partial charge in [0.15, 0.2) is 0 Å². The summed E-state index contributed by atoms with van der Waals surface area (Å²) >= 11 is 0. The first-order chi connectivity index (χ1) is 9.33. The Balaban J connectivity index is 1.92. The third-order valence-electron chi connectivity index (χ3n) is 2.14. The Morgan fingerprint density at radius 1 is 1.21 bits per heavy atom. The first-order valence-corrected chi connectivity index (χ1v) is 5.38. The Labute approximate surface area is 109 Å². The van der Waals surface area contributed by atoms with Crippen LogP contribution in [0.5, 0.6) is 0 Å². The van der Waals surface area contributed by atoms with E-state index in [0.717, 1.165) is 5.56 Å². The van der Waals surface area contributed by atoms with Crippen molar-refractivity contribution in [3.8, 4) is 23.6 Å². The normalized spacial score (nSPS) is 10.1. The molecule has 0 bridgehead atoms. The van der Waals surface area contributed by atoms with Gasteiger partial charge in [-0.15, -0.1) is 10.2 Å². The second-order valence-corrected chi connectivity index (χ2v) is 3.46. The topological polar surface area (TPSA) is 108 Å². The van der Waals surface area contributed by atoms with Gasteiger partial charge in [-0.2, -0.15) is 16.0 Å². The summed E-state index contributed by atoms with van der Waals surface area (Å²) in [5.41, 5.74) is 3.07. The van der Waals surface area contributed by atoms with Crippen LogP contribution in [0.15, 0.2) is 34.7 Å². The monoisotopic (exact) mass is 255 g/mol. The molecule has 0 aliphatic rings. The predicted molar refractivity (Wildman–Crippen MR) is 62.7 cm³/mol. The second-order valence-electron chi connectivity index (χ2n) is 3.46. The van der Waals surface area contributed by atoms with E-state index in [1.807, 2.05) is 30.3 Å². The number of hydrogen-bond acceptors (Lipinski definition) is 7. The third kappa shape index (κ3) is 3.36. The Morgan fingerprint density at radius 2 is 1.95 bits per heavy atom. The maximum atomic E-state index is 8.51. The van der Waals surface area contributed by atoms with E-state index in [4.69, 9.17) is 19.8 Å². The lowest BCUT2D eigenvalue weighted by Gasteiger charge is -2.01. The van der Waals surface area contributed by atoms with Gasteiger partial charge in [-0.25, -0.2) is 0 Å². The van der Waals surface area contributed by atoms with Crippen LogP contribution in [0, 0.1) is 22.7 Å². The number of nitrogens with zero attached hydrogens (tertiary/aromatic N) is 4. The average Bonchev–Trinajstić information content (AvgIpc) is 2.93. The predicted octanol–water partition coefficient (Wildman–Crippen LogP) is 1.17. The zero-order valence-electron chi connectivity index (χ0n) is 9.78. The molecule has 0 unspecified atom stereocenters. The lowest BCUT2D eigenvalue weighted by Crippen LogP contribution is -2.25. The molecule has 7 nitrogen and oxygen atoms in total. The zero-order chi connectivity index (χ0) is 13.5. The molecule has 0 aliphatic heterocycles. The standard InChI is InChI=1S/C12H9N5O2/c13-6-10(7-14)17-18-8-11-15-16-12(19-11)9-4-2-1-3-5-9/h1-5,10,17H,8H2. The van der Waals surface area contributed by atoms with Crippen molar-refractivity contribution >= 4 is 0 Å². The summed E-state index contributed by atoms with van der Waals surface area (Å²) in [6.45, 7) is -0.0281. The molecule has 0 radical (unpaired) electrons. The fraction of sp³-hybridized carbons (Fsp3) is 0.167. The van der Waals surface area contributed by atoms with E-state index < -0.39 is 6.04 Å². The first kappa shape index (κ1) is 12.7. The largest absolute Gasteiger partial charge is 0.418 e. The van der Waals surface area contributed by atoms with Crippen molar-refractivity contribution in [2.24, 2.45) is 0 Å². The highest BCUT2D eigenvalue weighted by molar-refractivity contribution is 5.51. The van der Waals surface area contributed by atoms with Gasteiger partial charge < -0.3 is 4.42 Å². The number of nitriles is 2. The van der Waals surface area contributed by atoms with Crippen molar-refractivity contribution in [3.05, 3.63) is 36.2 Å². The summed E-state index contributed by atoms with van der Waals surface area (Å²) in [6.07, 6.45) is 0. The zero-order valence-corrected chi connectivity index (χ0v) is 9.78. The van der Waals surface area contributed by atoms with Crippen LogP contribution in [-0.4, -0.2) is 16.2 Å². The van der Waals surface area contributed by atoms with E-state index in [2.05, 4.69) is 15.7 Å². The SMILES string of the molecule is N#CC(C#N)NOCc1nnc(-c2ccccc2)o1. The van der Waals surface area contributed by atoms with E-state index >= 15 is 0 Å². The van der Waals surface area contributed by atoms with Crippen molar-refractivity contribution in [3.63, 3.8) is 0 Å². The van der Waals surface area contributed by atoms with Crippen molar-refractivity contribution in [2.45, 2.75) is 12.6 Å². The molecule has 1 heterocycles. The van der Waals surface area contributed by atoms with Gasteiger partial charge in [0.2, 0.25) is 17.8 Å². The highest BCUT2D eigenvalue weighted by Crippen LogP contribution is 2.16. The van der Waals surface area contributed by atoms with E-state index in [1.165, 1.54) is 0 Å². The van der Waals surface area contributed by atoms with Gasteiger partial charge in [0.05, 0.1) is 12.1 Å². The van der Waals surface area contributed by atoms with Crippen molar-refractivity contribution in [1.29, 1.82) is 10.5 Å². The maximum Gasteiger partial charge on any atom is 0.247 e. The Kier molecular flexibility index (Phi) is 4.19. The van der Waals surface area contributed by atoms with Gasteiger partial charge in [0, 0.05) is 5.56 Å². The molecule has 2 aromatic rings. The first-order valence-electron chi connectivity index (χ1n) is 5.38. The average molecular weight is 255 g/mol. The minimum absolute atomic E-state index is 0.0281. The molecule has 19 heavy (non-hydrogen) atoms. The highest BCUT2D eigenvalue weighted by Gasteiger charge is 2.09. The summed E-state index contributed by atoms with van der Waals surface area (Å²) in [5, 5.41) is 24.7. The lowest BCUT2D eigenvalue weighted by atomic mass is 10.2. The lowest BCUT2D eigenvalue weighted by molar-refractivity contribution is 0.0131. The molecule has 1 aromatic heterocycles. The molecule has 1 aromatic carbocycles. The summed E-state index contributed by atoms with van der Waals surface area (Å²) in [4.78, 5) is 4.92. The minimum Gasteiger partial charge on any atom is -0.418 e. The molecule has 0 spiro atoms. The van der Waals surface area contributed by atoms with Crippen LogP contribution in [0.2, 0.25) is 0 Å². The molecule has 0 amide bonds. The van der Waals surface area contributed by atoms with Crippen molar-refractivity contribution < 1.29 is 9.25 Å². The molecule has 94 valence electrons. The molecule has 0 saturated heterocycles. The van der Waals surface area contributed by atoms with Crippen LogP contribution in [-0.2, 0) is 11.4 Å². The van der Waals surface area contributed by atoms with Crippen molar-refractivity contribution in [2.75, 3.05) is 0 Å². The van der Waals surface area contributed by atoms with Gasteiger partial charge in [-0.1, -0.05) is 18.2 Å². The smallest absolute Gasteiger partial charge is 0.247 e. The summed E-state index contributed by atoms with van der Waals surface area (Å²) < 4.78 is 5.37. The summed E-state index contributed by atoms with van der Waals surface area (Å²) in [5.74, 6) is 0.636. The fourth-order valence-electron chi connectivity index (χ4n) is 1.28. The van der Waals surface area contributed by atoms with Crippen LogP contribution in [0.3, 0.4) is 0 Å². The molecule has 0 fully saturated rings. The maximum absolute atomic E-state index is 8.51. The summed E-state index contributed by atoms with van der Waals surface area (Å²) in [7, 11) is 0. The minimum atomic E-state index is -1.03. The van der Waals surface area contributed by atoms with Crippen LogP contribution >= 0.6 is 0 Å². The highest BCUT2D eigenvalue weighted by atomic mass is 16.6. The number of rotatable bonds is 5. The van der Waals surface area contributed by atoms with E-state index in [0.29, 0.717) is 5.89 Å². The molecule has 0 atom stereocenters. The Hall–Kier alpha value is -2.74. The van der Waals surface area contributed by atoms with Crippen LogP contribution in [0.25, 0.3) is 11.5 Å². The molecule has 2 rings (SSSR count). The van der Waals surface area contributed by atoms with Gasteiger partial charge in [-0.05, 0) is 12.1 Å². The summed E-state index contributed by atoms with van der Waals surface area (Å²) in [6, 6.07) is 11.7. The number of nitrogens with one attached hydrogen (secondary N) is 1. The van der Waals surface area contributed by atoms with Gasteiger partial charge in [0.25, 0.3) is 0 Å². The van der Waals surface area contributed by atoms with E-state index in [1.54, 1.807) is 12.1 Å². The molecular formula is C12H9N5O2.